The van der Waals surface area contributed by atoms with E-state index >= 15 is 0 Å². The number of amides is 1. The van der Waals surface area contributed by atoms with Gasteiger partial charge in [0.05, 0.1) is 16.1 Å². The summed E-state index contributed by atoms with van der Waals surface area (Å²) in [6, 6.07) is 16.5. The molecule has 0 spiro atoms. The average molecular weight is 548 g/mol. The molecule has 11 heteroatoms. The van der Waals surface area contributed by atoms with Crippen LogP contribution in [0.1, 0.15) is 16.1 Å². The van der Waals surface area contributed by atoms with E-state index in [0.717, 1.165) is 5.56 Å². The Balaban J connectivity index is 1.27. The molecule has 0 atom stereocenters. The van der Waals surface area contributed by atoms with E-state index in [2.05, 4.69) is 25.7 Å². The molecule has 6 aromatic rings. The molecular formula is C27H16Cl2FN5O3. The maximum atomic E-state index is 14.5. The third kappa shape index (κ3) is 4.21. The van der Waals surface area contributed by atoms with Crippen LogP contribution in [0.25, 0.3) is 45.1 Å². The van der Waals surface area contributed by atoms with E-state index in [4.69, 9.17) is 32.1 Å². The number of aromatic nitrogens is 4. The van der Waals surface area contributed by atoms with E-state index in [1.54, 1.807) is 55.6 Å². The number of H-pyrrole nitrogens is 1. The third-order valence-electron chi connectivity index (χ3n) is 5.93. The van der Waals surface area contributed by atoms with Crippen LogP contribution < -0.4 is 5.32 Å². The quantitative estimate of drug-likeness (QED) is 0.230. The fourth-order valence-electron chi connectivity index (χ4n) is 4.13. The minimum Gasteiger partial charge on any atom is -0.436 e. The summed E-state index contributed by atoms with van der Waals surface area (Å²) < 4.78 is 25.6. The number of hydrogen-bond donors (Lipinski definition) is 2. The standard InChI is InChI=1S/C27H16Cl2FN5O3/c1-13-22(25(35-38-13)23-18(29)3-2-4-19(23)30)26(36)32-16-8-5-14(6-9-16)24-17(12-31-34-24)27-33-20-11-15(28)7-10-21(20)37-27/h2-12H,1H3,(H,31,34)(H,32,36). The molecule has 38 heavy (non-hydrogen) atoms. The predicted octanol–water partition coefficient (Wildman–Crippen LogP) is 7.55. The number of rotatable bonds is 5. The highest BCUT2D eigenvalue weighted by Crippen LogP contribution is 2.35. The van der Waals surface area contributed by atoms with Crippen molar-refractivity contribution in [1.82, 2.24) is 20.3 Å². The first-order valence-corrected chi connectivity index (χ1v) is 12.1. The first kappa shape index (κ1) is 23.9. The Bertz CT molecular complexity index is 1800. The van der Waals surface area contributed by atoms with Gasteiger partial charge in [-0.25, -0.2) is 9.37 Å². The van der Waals surface area contributed by atoms with Crippen LogP contribution in [0, 0.1) is 12.7 Å². The summed E-state index contributed by atoms with van der Waals surface area (Å²) in [4.78, 5) is 17.7. The van der Waals surface area contributed by atoms with Gasteiger partial charge in [0.25, 0.3) is 5.91 Å². The van der Waals surface area contributed by atoms with Gasteiger partial charge in [-0.15, -0.1) is 0 Å². The van der Waals surface area contributed by atoms with E-state index in [1.807, 2.05) is 0 Å². The van der Waals surface area contributed by atoms with Crippen LogP contribution in [0.15, 0.2) is 75.8 Å². The zero-order valence-corrected chi connectivity index (χ0v) is 21.1. The van der Waals surface area contributed by atoms with Crippen molar-refractivity contribution in [2.45, 2.75) is 6.92 Å². The Morgan fingerprint density at radius 3 is 2.66 bits per heavy atom. The zero-order chi connectivity index (χ0) is 26.4. The van der Waals surface area contributed by atoms with Gasteiger partial charge in [-0.1, -0.05) is 46.6 Å². The maximum absolute atomic E-state index is 14.5. The number of hydrogen-bond acceptors (Lipinski definition) is 6. The summed E-state index contributed by atoms with van der Waals surface area (Å²) in [6.45, 7) is 1.57. The first-order valence-electron chi connectivity index (χ1n) is 11.3. The van der Waals surface area contributed by atoms with Gasteiger partial charge in [0, 0.05) is 22.5 Å². The highest BCUT2D eigenvalue weighted by molar-refractivity contribution is 6.33. The summed E-state index contributed by atoms with van der Waals surface area (Å²) >= 11 is 12.2. The van der Waals surface area contributed by atoms with Gasteiger partial charge in [0.2, 0.25) is 5.89 Å². The van der Waals surface area contributed by atoms with Crippen LogP contribution in [-0.4, -0.2) is 26.2 Å². The average Bonchev–Trinajstić information content (AvgIpc) is 3.62. The Kier molecular flexibility index (Phi) is 5.94. The molecule has 0 aliphatic carbocycles. The second kappa shape index (κ2) is 9.44. The van der Waals surface area contributed by atoms with E-state index < -0.39 is 11.7 Å². The molecule has 2 N–H and O–H groups in total. The van der Waals surface area contributed by atoms with Gasteiger partial charge >= 0.3 is 0 Å². The lowest BCUT2D eigenvalue weighted by Crippen LogP contribution is -2.13. The lowest BCUT2D eigenvalue weighted by atomic mass is 10.0. The lowest BCUT2D eigenvalue weighted by molar-refractivity contribution is 0.102. The van der Waals surface area contributed by atoms with Crippen molar-refractivity contribution in [2.24, 2.45) is 0 Å². The number of fused-ring (bicyclic) bond motifs is 1. The van der Waals surface area contributed by atoms with Gasteiger partial charge in [-0.05, 0) is 49.4 Å². The normalized spacial score (nSPS) is 11.3. The molecule has 0 unspecified atom stereocenters. The molecule has 0 aliphatic heterocycles. The van der Waals surface area contributed by atoms with Crippen LogP contribution in [-0.2, 0) is 0 Å². The zero-order valence-electron chi connectivity index (χ0n) is 19.6. The number of benzene rings is 3. The van der Waals surface area contributed by atoms with Crippen molar-refractivity contribution in [3.63, 3.8) is 0 Å². The van der Waals surface area contributed by atoms with Crippen LogP contribution in [0.4, 0.5) is 10.1 Å². The summed E-state index contributed by atoms with van der Waals surface area (Å²) in [7, 11) is 0. The summed E-state index contributed by atoms with van der Waals surface area (Å²) in [5.41, 5.74) is 3.91. The van der Waals surface area contributed by atoms with E-state index in [-0.39, 0.29) is 27.6 Å². The number of anilines is 1. The largest absolute Gasteiger partial charge is 0.436 e. The topological polar surface area (TPSA) is 110 Å². The number of aromatic amines is 1. The summed E-state index contributed by atoms with van der Waals surface area (Å²) in [5.74, 6) is -0.502. The van der Waals surface area contributed by atoms with Gasteiger partial charge in [-0.3, -0.25) is 9.89 Å². The molecular weight excluding hydrogens is 532 g/mol. The lowest BCUT2D eigenvalue weighted by Gasteiger charge is -2.08. The van der Waals surface area contributed by atoms with Gasteiger partial charge in [-0.2, -0.15) is 5.10 Å². The van der Waals surface area contributed by atoms with Crippen LogP contribution >= 0.6 is 23.2 Å². The van der Waals surface area contributed by atoms with Crippen LogP contribution in [0.2, 0.25) is 10.0 Å². The summed E-state index contributed by atoms with van der Waals surface area (Å²) in [5, 5.41) is 14.6. The number of carbonyl (C=O) groups is 1. The fourth-order valence-corrected chi connectivity index (χ4v) is 4.55. The Labute approximate surface area is 224 Å². The Hall–Kier alpha value is -4.47. The van der Waals surface area contributed by atoms with Crippen LogP contribution in [0.3, 0.4) is 0 Å². The van der Waals surface area contributed by atoms with Gasteiger partial charge in [0.1, 0.15) is 34.0 Å². The van der Waals surface area contributed by atoms with Crippen molar-refractivity contribution >= 4 is 45.9 Å². The van der Waals surface area contributed by atoms with Crippen molar-refractivity contribution in [3.05, 3.63) is 94.0 Å². The number of halogens is 3. The SMILES string of the molecule is Cc1onc(-c2c(F)cccc2Cl)c1C(=O)Nc1ccc(-c2n[nH]cc2-c2nc3cc(Cl)ccc3o2)cc1. The molecule has 0 fully saturated rings. The molecule has 3 heterocycles. The third-order valence-corrected chi connectivity index (χ3v) is 6.48. The Morgan fingerprint density at radius 2 is 1.87 bits per heavy atom. The maximum Gasteiger partial charge on any atom is 0.261 e. The number of oxazole rings is 1. The highest BCUT2D eigenvalue weighted by Gasteiger charge is 2.25. The van der Waals surface area contributed by atoms with Crippen LogP contribution in [0.5, 0.6) is 0 Å². The summed E-state index contributed by atoms with van der Waals surface area (Å²) in [6.07, 6.45) is 1.70. The van der Waals surface area contributed by atoms with Gasteiger partial charge < -0.3 is 14.3 Å². The Morgan fingerprint density at radius 1 is 1.05 bits per heavy atom. The molecule has 1 amide bonds. The molecule has 0 radical (unpaired) electrons. The molecule has 0 aliphatic rings. The molecule has 3 aromatic heterocycles. The van der Waals surface area contributed by atoms with E-state index in [0.29, 0.717) is 39.0 Å². The molecule has 0 bridgehead atoms. The first-order chi connectivity index (χ1) is 18.4. The molecule has 0 saturated heterocycles. The van der Waals surface area contributed by atoms with Crippen molar-refractivity contribution in [2.75, 3.05) is 5.32 Å². The number of carbonyl (C=O) groups excluding carboxylic acids is 1. The van der Waals surface area contributed by atoms with Crippen molar-refractivity contribution in [1.29, 1.82) is 0 Å². The molecule has 0 saturated carbocycles. The molecule has 6 rings (SSSR count). The second-order valence-electron chi connectivity index (χ2n) is 8.37. The van der Waals surface area contributed by atoms with Gasteiger partial charge in [0.15, 0.2) is 5.58 Å². The van der Waals surface area contributed by atoms with E-state index in [9.17, 15) is 9.18 Å². The molecule has 188 valence electrons. The van der Waals surface area contributed by atoms with Crippen molar-refractivity contribution < 1.29 is 18.1 Å². The molecule has 3 aromatic carbocycles. The number of aryl methyl sites for hydroxylation is 1. The predicted molar refractivity (Wildman–Crippen MR) is 142 cm³/mol. The number of nitrogens with zero attached hydrogens (tertiary/aromatic N) is 3. The van der Waals surface area contributed by atoms with E-state index in [1.165, 1.54) is 18.2 Å². The minimum atomic E-state index is -0.610. The second-order valence-corrected chi connectivity index (χ2v) is 9.21. The number of nitrogens with one attached hydrogen (secondary N) is 2. The monoisotopic (exact) mass is 547 g/mol. The van der Waals surface area contributed by atoms with Crippen molar-refractivity contribution in [3.8, 4) is 34.0 Å². The minimum absolute atomic E-state index is 0.000885. The highest BCUT2D eigenvalue weighted by atomic mass is 35.5. The smallest absolute Gasteiger partial charge is 0.261 e. The fraction of sp³-hybridized carbons (Fsp3) is 0.0370. The molecule has 8 nitrogen and oxygen atoms in total.